The molecule has 0 bridgehead atoms. The molecule has 2 atom stereocenters. The second kappa shape index (κ2) is 8.04. The van der Waals surface area contributed by atoms with Crippen molar-refractivity contribution in [2.24, 2.45) is 0 Å². The first kappa shape index (κ1) is 15.9. The number of hydrogen-bond donors (Lipinski definition) is 1. The van der Waals surface area contributed by atoms with Crippen molar-refractivity contribution in [1.82, 2.24) is 10.2 Å². The van der Waals surface area contributed by atoms with Crippen LogP contribution in [0.25, 0.3) is 0 Å². The van der Waals surface area contributed by atoms with Crippen LogP contribution in [0.1, 0.15) is 41.5 Å². The highest BCUT2D eigenvalue weighted by Crippen LogP contribution is 2.03. The minimum absolute atomic E-state index is 0.270. The fourth-order valence-corrected chi connectivity index (χ4v) is 1.90. The molecule has 0 aliphatic carbocycles. The average molecular weight is 230 g/mol. The molecule has 16 heavy (non-hydrogen) atoms. The lowest BCUT2D eigenvalue weighted by Gasteiger charge is -2.31. The molecule has 3 heteroatoms. The van der Waals surface area contributed by atoms with Gasteiger partial charge in [-0.3, -0.25) is 4.90 Å². The molecule has 0 saturated heterocycles. The fraction of sp³-hybridized carbons (Fsp3) is 1.00. The largest absolute Gasteiger partial charge is 0.380 e. The summed E-state index contributed by atoms with van der Waals surface area (Å²) in [6.45, 7) is 15.4. The number of hydrogen-bond acceptors (Lipinski definition) is 3. The summed E-state index contributed by atoms with van der Waals surface area (Å²) in [6.07, 6.45) is 0.270. The molecule has 0 saturated carbocycles. The lowest BCUT2D eigenvalue weighted by atomic mass is 10.2. The highest BCUT2D eigenvalue weighted by molar-refractivity contribution is 4.72. The van der Waals surface area contributed by atoms with E-state index in [1.807, 2.05) is 0 Å². The molecule has 0 rings (SSSR count). The molecule has 0 heterocycles. The number of nitrogens with zero attached hydrogens (tertiary/aromatic N) is 1. The Hall–Kier alpha value is -0.120. The topological polar surface area (TPSA) is 24.5 Å². The zero-order valence-corrected chi connectivity index (χ0v) is 12.1. The SMILES string of the molecule is COC(C)C(C)NCCN(C(C)C)C(C)C. The molecule has 3 nitrogen and oxygen atoms in total. The number of methoxy groups -OCH3 is 1. The van der Waals surface area contributed by atoms with Crippen molar-refractivity contribution in [3.63, 3.8) is 0 Å². The van der Waals surface area contributed by atoms with Crippen molar-refractivity contribution in [2.45, 2.75) is 65.8 Å². The van der Waals surface area contributed by atoms with Crippen LogP contribution in [-0.2, 0) is 4.74 Å². The third-order valence-corrected chi connectivity index (χ3v) is 3.24. The minimum atomic E-state index is 0.270. The molecule has 0 aromatic heterocycles. The standard InChI is InChI=1S/C13H30N2O/c1-10(2)15(11(3)4)9-8-14-12(5)13(6)16-7/h10-14H,8-9H2,1-7H3. The molecule has 0 amide bonds. The summed E-state index contributed by atoms with van der Waals surface area (Å²) in [5.41, 5.74) is 0. The van der Waals surface area contributed by atoms with Crippen LogP contribution in [-0.4, -0.2) is 49.3 Å². The zero-order valence-electron chi connectivity index (χ0n) is 12.1. The lowest BCUT2D eigenvalue weighted by Crippen LogP contribution is -2.45. The number of rotatable bonds is 8. The first-order valence-corrected chi connectivity index (χ1v) is 6.42. The molecule has 0 aromatic carbocycles. The Balaban J connectivity index is 3.86. The molecule has 0 fully saturated rings. The third kappa shape index (κ3) is 5.83. The highest BCUT2D eigenvalue weighted by Gasteiger charge is 2.14. The van der Waals surface area contributed by atoms with Gasteiger partial charge in [0, 0.05) is 38.3 Å². The predicted octanol–water partition coefficient (Wildman–Crippen LogP) is 2.12. The Bertz CT molecular complexity index is 163. The first-order chi connectivity index (χ1) is 7.40. The second-order valence-electron chi connectivity index (χ2n) is 5.11. The van der Waals surface area contributed by atoms with Crippen LogP contribution in [0.2, 0.25) is 0 Å². The van der Waals surface area contributed by atoms with Crippen LogP contribution >= 0.6 is 0 Å². The van der Waals surface area contributed by atoms with E-state index in [9.17, 15) is 0 Å². The van der Waals surface area contributed by atoms with Gasteiger partial charge < -0.3 is 10.1 Å². The van der Waals surface area contributed by atoms with Gasteiger partial charge in [0.05, 0.1) is 6.10 Å². The van der Waals surface area contributed by atoms with Gasteiger partial charge in [0.25, 0.3) is 0 Å². The predicted molar refractivity (Wildman–Crippen MR) is 70.9 cm³/mol. The summed E-state index contributed by atoms with van der Waals surface area (Å²) in [5.74, 6) is 0. The van der Waals surface area contributed by atoms with Crippen molar-refractivity contribution in [2.75, 3.05) is 20.2 Å². The first-order valence-electron chi connectivity index (χ1n) is 6.42. The van der Waals surface area contributed by atoms with Crippen LogP contribution in [0.3, 0.4) is 0 Å². The number of ether oxygens (including phenoxy) is 1. The second-order valence-corrected chi connectivity index (χ2v) is 5.11. The summed E-state index contributed by atoms with van der Waals surface area (Å²) in [4.78, 5) is 2.50. The normalized spacial score (nSPS) is 16.1. The monoisotopic (exact) mass is 230 g/mol. The van der Waals surface area contributed by atoms with Gasteiger partial charge in [-0.1, -0.05) is 0 Å². The molecule has 2 unspecified atom stereocenters. The fourth-order valence-electron chi connectivity index (χ4n) is 1.90. The van der Waals surface area contributed by atoms with Gasteiger partial charge >= 0.3 is 0 Å². The molecule has 0 aliphatic heterocycles. The van der Waals surface area contributed by atoms with Gasteiger partial charge in [0.15, 0.2) is 0 Å². The zero-order chi connectivity index (χ0) is 12.7. The Morgan fingerprint density at radius 3 is 1.88 bits per heavy atom. The van der Waals surface area contributed by atoms with Crippen molar-refractivity contribution in [1.29, 1.82) is 0 Å². The summed E-state index contributed by atoms with van der Waals surface area (Å²) in [6, 6.07) is 1.63. The lowest BCUT2D eigenvalue weighted by molar-refractivity contribution is 0.0857. The molecular weight excluding hydrogens is 200 g/mol. The maximum absolute atomic E-state index is 5.29. The highest BCUT2D eigenvalue weighted by atomic mass is 16.5. The van der Waals surface area contributed by atoms with E-state index in [2.05, 4.69) is 51.8 Å². The van der Waals surface area contributed by atoms with E-state index in [1.54, 1.807) is 7.11 Å². The molecule has 0 spiro atoms. The van der Waals surface area contributed by atoms with E-state index in [-0.39, 0.29) is 6.10 Å². The third-order valence-electron chi connectivity index (χ3n) is 3.24. The summed E-state index contributed by atoms with van der Waals surface area (Å²) in [7, 11) is 1.76. The van der Waals surface area contributed by atoms with Crippen LogP contribution < -0.4 is 5.32 Å². The molecule has 0 aliphatic rings. The van der Waals surface area contributed by atoms with Crippen LogP contribution in [0.4, 0.5) is 0 Å². The smallest absolute Gasteiger partial charge is 0.0693 e. The molecule has 1 N–H and O–H groups in total. The van der Waals surface area contributed by atoms with E-state index >= 15 is 0 Å². The van der Waals surface area contributed by atoms with Crippen LogP contribution in [0.15, 0.2) is 0 Å². The van der Waals surface area contributed by atoms with E-state index in [4.69, 9.17) is 4.74 Å². The van der Waals surface area contributed by atoms with Gasteiger partial charge in [-0.2, -0.15) is 0 Å². The summed E-state index contributed by atoms with van der Waals surface area (Å²) >= 11 is 0. The van der Waals surface area contributed by atoms with Crippen molar-refractivity contribution in [3.05, 3.63) is 0 Å². The van der Waals surface area contributed by atoms with Crippen molar-refractivity contribution >= 4 is 0 Å². The van der Waals surface area contributed by atoms with Crippen molar-refractivity contribution < 1.29 is 4.74 Å². The minimum Gasteiger partial charge on any atom is -0.380 e. The maximum Gasteiger partial charge on any atom is 0.0693 e. The van der Waals surface area contributed by atoms with Crippen LogP contribution in [0.5, 0.6) is 0 Å². The number of nitrogens with one attached hydrogen (secondary N) is 1. The van der Waals surface area contributed by atoms with E-state index in [1.165, 1.54) is 0 Å². The molecular formula is C13H30N2O. The molecule has 98 valence electrons. The summed E-state index contributed by atoms with van der Waals surface area (Å²) < 4.78 is 5.29. The van der Waals surface area contributed by atoms with Crippen molar-refractivity contribution in [3.8, 4) is 0 Å². The van der Waals surface area contributed by atoms with Gasteiger partial charge in [-0.25, -0.2) is 0 Å². The van der Waals surface area contributed by atoms with E-state index in [0.717, 1.165) is 13.1 Å². The van der Waals surface area contributed by atoms with Crippen LogP contribution in [0, 0.1) is 0 Å². The molecule has 0 radical (unpaired) electrons. The van der Waals surface area contributed by atoms with Gasteiger partial charge in [0.2, 0.25) is 0 Å². The van der Waals surface area contributed by atoms with E-state index < -0.39 is 0 Å². The maximum atomic E-state index is 5.29. The van der Waals surface area contributed by atoms with E-state index in [0.29, 0.717) is 18.1 Å². The quantitative estimate of drug-likeness (QED) is 0.691. The Morgan fingerprint density at radius 1 is 1.00 bits per heavy atom. The Morgan fingerprint density at radius 2 is 1.50 bits per heavy atom. The van der Waals surface area contributed by atoms with Gasteiger partial charge in [-0.05, 0) is 41.5 Å². The Labute approximate surface area is 102 Å². The van der Waals surface area contributed by atoms with Gasteiger partial charge in [-0.15, -0.1) is 0 Å². The summed E-state index contributed by atoms with van der Waals surface area (Å²) in [5, 5.41) is 3.51. The average Bonchev–Trinajstić information content (AvgIpc) is 2.21. The molecule has 0 aromatic rings. The van der Waals surface area contributed by atoms with Gasteiger partial charge in [0.1, 0.15) is 0 Å². The Kier molecular flexibility index (Phi) is 7.98.